The normalized spacial score (nSPS) is 13.0. The van der Waals surface area contributed by atoms with Crippen LogP contribution in [0.4, 0.5) is 4.79 Å². The highest BCUT2D eigenvalue weighted by Crippen LogP contribution is 2.21. The molecule has 0 aliphatic carbocycles. The third kappa shape index (κ3) is 9.43. The molecule has 9 heteroatoms. The highest BCUT2D eigenvalue weighted by molar-refractivity contribution is 5.89. The number of amides is 3. The van der Waals surface area contributed by atoms with Crippen molar-refractivity contribution in [2.24, 2.45) is 5.73 Å². The lowest BCUT2D eigenvalue weighted by molar-refractivity contribution is -0.129. The molecule has 0 heterocycles. The molecule has 212 valence electrons. The molecule has 0 fully saturated rings. The molecule has 0 unspecified atom stereocenters. The first kappa shape index (κ1) is 30.2. The molecule has 9 nitrogen and oxygen atoms in total. The number of carbonyl (C=O) groups is 3. The van der Waals surface area contributed by atoms with Gasteiger partial charge in [0.15, 0.2) is 0 Å². The Morgan fingerprint density at radius 2 is 1.43 bits per heavy atom. The number of carbonyl (C=O) groups excluding carboxylic acids is 3. The minimum atomic E-state index is -0.871. The van der Waals surface area contributed by atoms with Gasteiger partial charge in [-0.1, -0.05) is 60.7 Å². The second-order valence-electron chi connectivity index (χ2n) is 9.94. The molecule has 0 saturated carbocycles. The number of nitrogens with one attached hydrogen (secondary N) is 3. The van der Waals surface area contributed by atoms with Crippen molar-refractivity contribution >= 4 is 17.9 Å². The first-order valence-electron chi connectivity index (χ1n) is 13.3. The molecule has 3 amide bonds. The second kappa shape index (κ2) is 14.7. The lowest BCUT2D eigenvalue weighted by Crippen LogP contribution is -2.53. The Labute approximate surface area is 235 Å². The number of nitrogens with two attached hydrogens (primary N) is 1. The SMILES string of the molecule is Cc1cc(O)cc(C)c1C[C@H](N)C(=O)N[C@H](C)C(=O)NC[C@H](Cc1ccccc1)NC(=O)OCc1ccccc1. The van der Waals surface area contributed by atoms with E-state index in [0.29, 0.717) is 6.42 Å². The van der Waals surface area contributed by atoms with E-state index in [9.17, 15) is 19.5 Å². The monoisotopic (exact) mass is 546 g/mol. The van der Waals surface area contributed by atoms with Crippen molar-refractivity contribution in [2.75, 3.05) is 6.54 Å². The summed E-state index contributed by atoms with van der Waals surface area (Å²) >= 11 is 0. The Morgan fingerprint density at radius 1 is 0.850 bits per heavy atom. The molecule has 3 aromatic rings. The van der Waals surface area contributed by atoms with Crippen LogP contribution in [0.3, 0.4) is 0 Å². The minimum Gasteiger partial charge on any atom is -0.508 e. The fourth-order valence-corrected chi connectivity index (χ4v) is 4.37. The van der Waals surface area contributed by atoms with Gasteiger partial charge in [0.25, 0.3) is 0 Å². The van der Waals surface area contributed by atoms with Crippen LogP contribution in [0.2, 0.25) is 0 Å². The molecular formula is C31H38N4O5. The van der Waals surface area contributed by atoms with E-state index in [2.05, 4.69) is 16.0 Å². The number of hydrogen-bond acceptors (Lipinski definition) is 6. The number of phenols is 1. The van der Waals surface area contributed by atoms with Gasteiger partial charge in [-0.3, -0.25) is 9.59 Å². The highest BCUT2D eigenvalue weighted by Gasteiger charge is 2.23. The van der Waals surface area contributed by atoms with Gasteiger partial charge in [0.1, 0.15) is 18.4 Å². The van der Waals surface area contributed by atoms with Crippen molar-refractivity contribution in [1.82, 2.24) is 16.0 Å². The van der Waals surface area contributed by atoms with Crippen LogP contribution < -0.4 is 21.7 Å². The quantitative estimate of drug-likeness (QED) is 0.236. The maximum Gasteiger partial charge on any atom is 0.407 e. The standard InChI is InChI=1S/C31H38N4O5/c1-20-14-26(36)15-21(2)27(20)17-28(32)30(38)34-22(3)29(37)33-18-25(16-23-10-6-4-7-11-23)35-31(39)40-19-24-12-8-5-9-13-24/h4-15,22,25,28,36H,16-19,32H2,1-3H3,(H,33,37)(H,34,38)(H,35,39)/t22-,25+,28+/m1/s1. The van der Waals surface area contributed by atoms with Crippen LogP contribution in [0.1, 0.15) is 34.7 Å². The van der Waals surface area contributed by atoms with Crippen LogP contribution in [0.15, 0.2) is 72.8 Å². The minimum absolute atomic E-state index is 0.129. The van der Waals surface area contributed by atoms with Crippen molar-refractivity contribution in [3.63, 3.8) is 0 Å². The number of ether oxygens (including phenoxy) is 1. The maximum absolute atomic E-state index is 12.8. The average molecular weight is 547 g/mol. The van der Waals surface area contributed by atoms with Gasteiger partial charge in [-0.25, -0.2) is 4.79 Å². The highest BCUT2D eigenvalue weighted by atomic mass is 16.5. The summed E-state index contributed by atoms with van der Waals surface area (Å²) in [6.45, 7) is 5.53. The van der Waals surface area contributed by atoms with Crippen molar-refractivity contribution in [1.29, 1.82) is 0 Å². The van der Waals surface area contributed by atoms with Crippen LogP contribution in [0.25, 0.3) is 0 Å². The van der Waals surface area contributed by atoms with Crippen molar-refractivity contribution < 1.29 is 24.2 Å². The van der Waals surface area contributed by atoms with E-state index in [1.165, 1.54) is 0 Å². The first-order valence-corrected chi connectivity index (χ1v) is 13.3. The van der Waals surface area contributed by atoms with Crippen LogP contribution in [0.5, 0.6) is 5.75 Å². The average Bonchev–Trinajstić information content (AvgIpc) is 2.93. The van der Waals surface area contributed by atoms with Gasteiger partial charge in [0, 0.05) is 6.54 Å². The zero-order chi connectivity index (χ0) is 29.1. The van der Waals surface area contributed by atoms with Crippen LogP contribution >= 0.6 is 0 Å². The smallest absolute Gasteiger partial charge is 0.407 e. The maximum atomic E-state index is 12.8. The number of benzene rings is 3. The molecule has 0 aliphatic rings. The van der Waals surface area contributed by atoms with Gasteiger partial charge < -0.3 is 31.5 Å². The molecule has 40 heavy (non-hydrogen) atoms. The van der Waals surface area contributed by atoms with E-state index in [0.717, 1.165) is 27.8 Å². The molecule has 3 aromatic carbocycles. The molecule has 0 bridgehead atoms. The molecule has 0 aliphatic heterocycles. The first-order chi connectivity index (χ1) is 19.1. The number of aromatic hydroxyl groups is 1. The summed E-state index contributed by atoms with van der Waals surface area (Å²) in [6.07, 6.45) is 0.149. The molecule has 6 N–H and O–H groups in total. The summed E-state index contributed by atoms with van der Waals surface area (Å²) in [5.74, 6) is -0.709. The fraction of sp³-hybridized carbons (Fsp3) is 0.323. The lowest BCUT2D eigenvalue weighted by atomic mass is 9.96. The van der Waals surface area contributed by atoms with Crippen LogP contribution in [-0.4, -0.2) is 47.7 Å². The summed E-state index contributed by atoms with van der Waals surface area (Å²) in [6, 6.07) is 20.0. The van der Waals surface area contributed by atoms with Crippen molar-refractivity contribution in [2.45, 2.75) is 58.3 Å². The third-order valence-corrected chi connectivity index (χ3v) is 6.58. The number of phenolic OH excluding ortho intramolecular Hbond substituents is 1. The number of alkyl carbamates (subject to hydrolysis) is 1. The van der Waals surface area contributed by atoms with Crippen molar-refractivity contribution in [3.05, 3.63) is 101 Å². The molecule has 3 rings (SSSR count). The predicted octanol–water partition coefficient (Wildman–Crippen LogP) is 3.04. The zero-order valence-electron chi connectivity index (χ0n) is 23.1. The van der Waals surface area contributed by atoms with Gasteiger partial charge >= 0.3 is 6.09 Å². The summed E-state index contributed by atoms with van der Waals surface area (Å²) in [5, 5.41) is 18.1. The van der Waals surface area contributed by atoms with Gasteiger partial charge in [-0.05, 0) is 73.6 Å². The van der Waals surface area contributed by atoms with E-state index >= 15 is 0 Å². The van der Waals surface area contributed by atoms with Gasteiger partial charge in [0.2, 0.25) is 11.8 Å². The largest absolute Gasteiger partial charge is 0.508 e. The van der Waals surface area contributed by atoms with E-state index in [1.807, 2.05) is 74.5 Å². The molecule has 0 aromatic heterocycles. The fourth-order valence-electron chi connectivity index (χ4n) is 4.37. The predicted molar refractivity (Wildman–Crippen MR) is 154 cm³/mol. The Bertz CT molecular complexity index is 1260. The van der Waals surface area contributed by atoms with E-state index in [4.69, 9.17) is 10.5 Å². The van der Waals surface area contributed by atoms with Gasteiger partial charge in [-0.2, -0.15) is 0 Å². The number of rotatable bonds is 12. The van der Waals surface area contributed by atoms with Crippen molar-refractivity contribution in [3.8, 4) is 5.75 Å². The summed E-state index contributed by atoms with van der Waals surface area (Å²) < 4.78 is 5.35. The second-order valence-corrected chi connectivity index (χ2v) is 9.94. The summed E-state index contributed by atoms with van der Waals surface area (Å²) in [4.78, 5) is 38.0. The molecule has 0 spiro atoms. The Morgan fingerprint density at radius 3 is 2.02 bits per heavy atom. The molecular weight excluding hydrogens is 508 g/mol. The third-order valence-electron chi connectivity index (χ3n) is 6.58. The van der Waals surface area contributed by atoms with Crippen LogP contribution in [0, 0.1) is 13.8 Å². The number of aryl methyl sites for hydroxylation is 2. The molecule has 0 saturated heterocycles. The van der Waals surface area contributed by atoms with Gasteiger partial charge in [0.05, 0.1) is 12.1 Å². The topological polar surface area (TPSA) is 143 Å². The number of hydrogen-bond donors (Lipinski definition) is 5. The van der Waals surface area contributed by atoms with Gasteiger partial charge in [-0.15, -0.1) is 0 Å². The Hall–Kier alpha value is -4.37. The van der Waals surface area contributed by atoms with Crippen LogP contribution in [-0.2, 0) is 33.8 Å². The van der Waals surface area contributed by atoms with E-state index < -0.39 is 36.0 Å². The zero-order valence-corrected chi connectivity index (χ0v) is 23.1. The lowest BCUT2D eigenvalue weighted by Gasteiger charge is -2.22. The molecule has 3 atom stereocenters. The Kier molecular flexibility index (Phi) is 11.1. The Balaban J connectivity index is 1.54. The van der Waals surface area contributed by atoms with E-state index in [-0.39, 0.29) is 25.3 Å². The molecule has 0 radical (unpaired) electrons. The van der Waals surface area contributed by atoms with E-state index in [1.54, 1.807) is 19.1 Å². The summed E-state index contributed by atoms with van der Waals surface area (Å²) in [5.41, 5.74) is 10.5. The summed E-state index contributed by atoms with van der Waals surface area (Å²) in [7, 11) is 0.